The number of fused-ring (bicyclic) bond motifs is 1. The number of benzene rings is 1. The average molecular weight is 261 g/mol. The topological polar surface area (TPSA) is 51.5 Å². The summed E-state index contributed by atoms with van der Waals surface area (Å²) in [5, 5.41) is 9.98. The molecule has 0 radical (unpaired) electrons. The van der Waals surface area contributed by atoms with Gasteiger partial charge in [0.1, 0.15) is 0 Å². The average Bonchev–Trinajstić information content (AvgIpc) is 2.73. The number of nitrogens with zero attached hydrogens (tertiary/aromatic N) is 1. The molecule has 0 saturated carbocycles. The van der Waals surface area contributed by atoms with Gasteiger partial charge in [0.05, 0.1) is 6.42 Å². The van der Waals surface area contributed by atoms with Gasteiger partial charge in [0, 0.05) is 36.9 Å². The van der Waals surface area contributed by atoms with Gasteiger partial charge >= 0.3 is 5.97 Å². The lowest BCUT2D eigenvalue weighted by molar-refractivity contribution is -0.136. The Morgan fingerprint density at radius 1 is 1.37 bits per heavy atom. The standard InChI is InChI=1S/C15H19NO3/c1-2-19-9-5-8-16-11-12(10-15(17)18)13-6-3-4-7-14(13)16/h3-4,6-7,11H,2,5,8-10H2,1H3,(H,17,18). The Bertz CT molecular complexity index is 560. The molecular weight excluding hydrogens is 242 g/mol. The normalized spacial score (nSPS) is 11.0. The van der Waals surface area contributed by atoms with Crippen LogP contribution in [0.5, 0.6) is 0 Å². The molecule has 2 rings (SSSR count). The lowest BCUT2D eigenvalue weighted by Crippen LogP contribution is -2.02. The van der Waals surface area contributed by atoms with Gasteiger partial charge < -0.3 is 14.4 Å². The number of aryl methyl sites for hydroxylation is 1. The molecule has 0 aliphatic heterocycles. The zero-order valence-electron chi connectivity index (χ0n) is 11.1. The molecule has 0 unspecified atom stereocenters. The number of rotatable bonds is 7. The number of hydrogen-bond donors (Lipinski definition) is 1. The predicted octanol–water partition coefficient (Wildman–Crippen LogP) is 2.70. The van der Waals surface area contributed by atoms with Gasteiger partial charge in [0.2, 0.25) is 0 Å². The summed E-state index contributed by atoms with van der Waals surface area (Å²) in [6.45, 7) is 4.30. The van der Waals surface area contributed by atoms with Gasteiger partial charge in [-0.25, -0.2) is 0 Å². The van der Waals surface area contributed by atoms with Gasteiger partial charge in [-0.3, -0.25) is 4.79 Å². The van der Waals surface area contributed by atoms with Gasteiger partial charge in [-0.15, -0.1) is 0 Å². The fourth-order valence-corrected chi connectivity index (χ4v) is 2.29. The second-order valence-electron chi connectivity index (χ2n) is 4.49. The Morgan fingerprint density at radius 3 is 2.89 bits per heavy atom. The van der Waals surface area contributed by atoms with Crippen LogP contribution in [0.2, 0.25) is 0 Å². The highest BCUT2D eigenvalue weighted by Gasteiger charge is 2.10. The first-order chi connectivity index (χ1) is 9.22. The van der Waals surface area contributed by atoms with Crippen molar-refractivity contribution in [2.24, 2.45) is 0 Å². The number of aromatic nitrogens is 1. The SMILES string of the molecule is CCOCCCn1cc(CC(=O)O)c2ccccc21. The summed E-state index contributed by atoms with van der Waals surface area (Å²) < 4.78 is 7.45. The minimum atomic E-state index is -0.794. The van der Waals surface area contributed by atoms with E-state index in [1.807, 2.05) is 37.4 Å². The molecule has 1 heterocycles. The number of carboxylic acids is 1. The highest BCUT2D eigenvalue weighted by molar-refractivity contribution is 5.87. The van der Waals surface area contributed by atoms with E-state index in [0.717, 1.165) is 42.6 Å². The Hall–Kier alpha value is -1.81. The van der Waals surface area contributed by atoms with Crippen LogP contribution in [0.25, 0.3) is 10.9 Å². The van der Waals surface area contributed by atoms with E-state index in [0.29, 0.717) is 0 Å². The molecule has 102 valence electrons. The van der Waals surface area contributed by atoms with E-state index < -0.39 is 5.97 Å². The lowest BCUT2D eigenvalue weighted by Gasteiger charge is -2.05. The number of para-hydroxylation sites is 1. The third-order valence-corrected chi connectivity index (χ3v) is 3.10. The van der Waals surface area contributed by atoms with Crippen LogP contribution in [0.3, 0.4) is 0 Å². The van der Waals surface area contributed by atoms with Crippen LogP contribution in [0, 0.1) is 0 Å². The van der Waals surface area contributed by atoms with Crippen molar-refractivity contribution in [1.82, 2.24) is 4.57 Å². The van der Waals surface area contributed by atoms with Gasteiger partial charge in [-0.05, 0) is 25.0 Å². The van der Waals surface area contributed by atoms with Crippen LogP contribution >= 0.6 is 0 Å². The molecule has 19 heavy (non-hydrogen) atoms. The molecule has 0 saturated heterocycles. The molecule has 0 amide bonds. The van der Waals surface area contributed by atoms with Crippen molar-refractivity contribution in [3.63, 3.8) is 0 Å². The minimum Gasteiger partial charge on any atom is -0.481 e. The van der Waals surface area contributed by atoms with Crippen LogP contribution in [0.15, 0.2) is 30.5 Å². The van der Waals surface area contributed by atoms with Crippen LogP contribution < -0.4 is 0 Å². The monoisotopic (exact) mass is 261 g/mol. The summed E-state index contributed by atoms with van der Waals surface area (Å²) in [5.74, 6) is -0.794. The molecular formula is C15H19NO3. The molecule has 0 aliphatic rings. The Kier molecular flexibility index (Phi) is 4.58. The first kappa shape index (κ1) is 13.6. The summed E-state index contributed by atoms with van der Waals surface area (Å²) in [6.07, 6.45) is 2.95. The maximum atomic E-state index is 10.9. The smallest absolute Gasteiger partial charge is 0.307 e. The van der Waals surface area contributed by atoms with Gasteiger partial charge in [0.15, 0.2) is 0 Å². The second-order valence-corrected chi connectivity index (χ2v) is 4.49. The van der Waals surface area contributed by atoms with E-state index in [-0.39, 0.29) is 6.42 Å². The summed E-state index contributed by atoms with van der Waals surface area (Å²) >= 11 is 0. The molecule has 2 aromatic rings. The fourth-order valence-electron chi connectivity index (χ4n) is 2.29. The minimum absolute atomic E-state index is 0.0684. The third kappa shape index (κ3) is 3.35. The summed E-state index contributed by atoms with van der Waals surface area (Å²) in [7, 11) is 0. The van der Waals surface area contributed by atoms with Crippen molar-refractivity contribution in [3.8, 4) is 0 Å². The first-order valence-corrected chi connectivity index (χ1v) is 6.58. The van der Waals surface area contributed by atoms with Crippen LogP contribution in [0.1, 0.15) is 18.9 Å². The molecule has 0 fully saturated rings. The van der Waals surface area contributed by atoms with Crippen molar-refractivity contribution >= 4 is 16.9 Å². The van der Waals surface area contributed by atoms with E-state index >= 15 is 0 Å². The number of carboxylic acid groups (broad SMARTS) is 1. The van der Waals surface area contributed by atoms with Crippen LogP contribution in [-0.2, 0) is 22.5 Å². The maximum Gasteiger partial charge on any atom is 0.307 e. The molecule has 0 aliphatic carbocycles. The maximum absolute atomic E-state index is 10.9. The molecule has 4 nitrogen and oxygen atoms in total. The highest BCUT2D eigenvalue weighted by atomic mass is 16.5. The first-order valence-electron chi connectivity index (χ1n) is 6.58. The molecule has 1 aromatic carbocycles. The molecule has 0 spiro atoms. The molecule has 1 N–H and O–H groups in total. The zero-order chi connectivity index (χ0) is 13.7. The quantitative estimate of drug-likeness (QED) is 0.780. The Morgan fingerprint density at radius 2 is 2.16 bits per heavy atom. The van der Waals surface area contributed by atoms with Crippen molar-refractivity contribution in [2.45, 2.75) is 26.3 Å². The molecule has 0 bridgehead atoms. The second kappa shape index (κ2) is 6.38. The number of aliphatic carboxylic acids is 1. The molecule has 1 aromatic heterocycles. The zero-order valence-corrected chi connectivity index (χ0v) is 11.1. The van der Waals surface area contributed by atoms with E-state index in [9.17, 15) is 4.79 Å². The third-order valence-electron chi connectivity index (χ3n) is 3.10. The van der Waals surface area contributed by atoms with Crippen molar-refractivity contribution in [2.75, 3.05) is 13.2 Å². The predicted molar refractivity (Wildman–Crippen MR) is 74.4 cm³/mol. The van der Waals surface area contributed by atoms with Gasteiger partial charge in [-0.2, -0.15) is 0 Å². The summed E-state index contributed by atoms with van der Waals surface area (Å²) in [6, 6.07) is 7.93. The van der Waals surface area contributed by atoms with Crippen molar-refractivity contribution in [1.29, 1.82) is 0 Å². The fraction of sp³-hybridized carbons (Fsp3) is 0.400. The van der Waals surface area contributed by atoms with Gasteiger partial charge in [0.25, 0.3) is 0 Å². The van der Waals surface area contributed by atoms with Crippen molar-refractivity contribution in [3.05, 3.63) is 36.0 Å². The largest absolute Gasteiger partial charge is 0.481 e. The van der Waals surface area contributed by atoms with Crippen molar-refractivity contribution < 1.29 is 14.6 Å². The molecule has 4 heteroatoms. The molecule has 0 atom stereocenters. The van der Waals surface area contributed by atoms with Gasteiger partial charge in [-0.1, -0.05) is 18.2 Å². The Labute approximate surface area is 112 Å². The summed E-state index contributed by atoms with van der Waals surface area (Å²) in [4.78, 5) is 10.9. The Balaban J connectivity index is 2.20. The number of hydrogen-bond acceptors (Lipinski definition) is 2. The lowest BCUT2D eigenvalue weighted by atomic mass is 10.1. The van der Waals surface area contributed by atoms with E-state index in [1.54, 1.807) is 0 Å². The highest BCUT2D eigenvalue weighted by Crippen LogP contribution is 2.22. The summed E-state index contributed by atoms with van der Waals surface area (Å²) in [5.41, 5.74) is 1.97. The number of carbonyl (C=O) groups is 1. The van der Waals surface area contributed by atoms with E-state index in [1.165, 1.54) is 0 Å². The number of ether oxygens (including phenoxy) is 1. The van der Waals surface area contributed by atoms with Crippen LogP contribution in [-0.4, -0.2) is 28.9 Å². The van der Waals surface area contributed by atoms with E-state index in [2.05, 4.69) is 4.57 Å². The van der Waals surface area contributed by atoms with E-state index in [4.69, 9.17) is 9.84 Å². The van der Waals surface area contributed by atoms with Crippen LogP contribution in [0.4, 0.5) is 0 Å².